The van der Waals surface area contributed by atoms with Crippen LogP contribution >= 0.6 is 0 Å². The van der Waals surface area contributed by atoms with Crippen LogP contribution in [-0.2, 0) is 14.3 Å². The first-order valence-corrected chi connectivity index (χ1v) is 4.83. The summed E-state index contributed by atoms with van der Waals surface area (Å²) in [6, 6.07) is 0. The van der Waals surface area contributed by atoms with Gasteiger partial charge in [0.25, 0.3) is 0 Å². The molecule has 0 radical (unpaired) electrons. The minimum absolute atomic E-state index is 0.0431. The topological polar surface area (TPSA) is 46.6 Å². The summed E-state index contributed by atoms with van der Waals surface area (Å²) in [5.41, 5.74) is -0.544. The van der Waals surface area contributed by atoms with Crippen LogP contribution < -0.4 is 0 Å². The van der Waals surface area contributed by atoms with E-state index in [1.54, 1.807) is 6.92 Å². The molecule has 0 aromatic heterocycles. The summed E-state index contributed by atoms with van der Waals surface area (Å²) in [5, 5.41) is 0. The quantitative estimate of drug-likeness (QED) is 0.479. The number of Topliss-reactive ketones (excluding diaryl/α,β-unsaturated/α-hetero) is 1. The maximum Gasteiger partial charge on any atom is 0.317 e. The second-order valence-corrected chi connectivity index (χ2v) is 4.11. The highest BCUT2D eigenvalue weighted by Crippen LogP contribution is 2.28. The van der Waals surface area contributed by atoms with Crippen molar-refractivity contribution in [3.8, 4) is 0 Å². The molecule has 0 bridgehead atoms. The average molecular weight is 199 g/mol. The summed E-state index contributed by atoms with van der Waals surface area (Å²) in [6.45, 7) is 6.19. The van der Waals surface area contributed by atoms with Crippen molar-refractivity contribution in [1.29, 1.82) is 0 Å². The highest BCUT2D eigenvalue weighted by Gasteiger charge is 2.48. The molecule has 1 saturated heterocycles. The summed E-state index contributed by atoms with van der Waals surface area (Å²) in [6.07, 6.45) is 0. The molecule has 1 rings (SSSR count). The second kappa shape index (κ2) is 3.69. The highest BCUT2D eigenvalue weighted by atomic mass is 16.5. The Morgan fingerprint density at radius 2 is 2.21 bits per heavy atom. The Morgan fingerprint density at radius 3 is 2.57 bits per heavy atom. The number of rotatable bonds is 2. The largest absolute Gasteiger partial charge is 0.465 e. The van der Waals surface area contributed by atoms with Gasteiger partial charge in [0.05, 0.1) is 12.1 Å². The lowest BCUT2D eigenvalue weighted by Gasteiger charge is -2.24. The number of esters is 1. The van der Waals surface area contributed by atoms with Crippen LogP contribution in [0, 0.1) is 5.92 Å². The molecule has 1 aliphatic heterocycles. The van der Waals surface area contributed by atoms with E-state index >= 15 is 0 Å². The van der Waals surface area contributed by atoms with Crippen molar-refractivity contribution in [3.05, 3.63) is 0 Å². The number of hydrogen-bond donors (Lipinski definition) is 0. The summed E-state index contributed by atoms with van der Waals surface area (Å²) in [5.74, 6) is -1.04. The Labute approximate surface area is 84.2 Å². The lowest BCUT2D eigenvalue weighted by molar-refractivity contribution is -0.150. The number of ether oxygens (including phenoxy) is 1. The van der Waals surface area contributed by atoms with Gasteiger partial charge in [-0.3, -0.25) is 14.5 Å². The molecule has 0 aromatic carbocycles. The van der Waals surface area contributed by atoms with Gasteiger partial charge in [-0.2, -0.15) is 0 Å². The van der Waals surface area contributed by atoms with Gasteiger partial charge in [0.15, 0.2) is 5.78 Å². The molecule has 0 N–H and O–H groups in total. The lowest BCUT2D eigenvalue weighted by Crippen LogP contribution is -2.40. The van der Waals surface area contributed by atoms with E-state index in [1.165, 1.54) is 0 Å². The Morgan fingerprint density at radius 1 is 1.64 bits per heavy atom. The Kier molecular flexibility index (Phi) is 2.95. The fourth-order valence-corrected chi connectivity index (χ4v) is 1.62. The maximum atomic E-state index is 11.8. The number of likely N-dealkylation sites (tertiary alicyclic amines) is 1. The van der Waals surface area contributed by atoms with E-state index in [-0.39, 0.29) is 5.78 Å². The molecule has 80 valence electrons. The van der Waals surface area contributed by atoms with Crippen molar-refractivity contribution in [3.63, 3.8) is 0 Å². The molecule has 4 nitrogen and oxygen atoms in total. The summed E-state index contributed by atoms with van der Waals surface area (Å²) in [7, 11) is 1.84. The van der Waals surface area contributed by atoms with E-state index < -0.39 is 17.4 Å². The zero-order valence-corrected chi connectivity index (χ0v) is 9.16. The van der Waals surface area contributed by atoms with Crippen molar-refractivity contribution < 1.29 is 14.3 Å². The van der Waals surface area contributed by atoms with Crippen LogP contribution in [0.1, 0.15) is 20.8 Å². The van der Waals surface area contributed by atoms with Crippen molar-refractivity contribution >= 4 is 11.8 Å². The van der Waals surface area contributed by atoms with Gasteiger partial charge in [-0.05, 0) is 27.8 Å². The van der Waals surface area contributed by atoms with E-state index in [9.17, 15) is 9.59 Å². The average Bonchev–Trinajstić information content (AvgIpc) is 2.30. The Bertz CT molecular complexity index is 260. The Balaban J connectivity index is 2.77. The molecular formula is C10H17NO3. The number of ketones is 1. The van der Waals surface area contributed by atoms with Crippen LogP contribution in [-0.4, -0.2) is 42.4 Å². The van der Waals surface area contributed by atoms with Gasteiger partial charge in [0.1, 0.15) is 5.92 Å². The lowest BCUT2D eigenvalue weighted by atomic mass is 9.95. The van der Waals surface area contributed by atoms with Crippen LogP contribution in [0.25, 0.3) is 0 Å². The van der Waals surface area contributed by atoms with E-state index in [1.807, 2.05) is 25.8 Å². The van der Waals surface area contributed by atoms with E-state index in [0.717, 1.165) is 0 Å². The van der Waals surface area contributed by atoms with Gasteiger partial charge in [-0.15, -0.1) is 0 Å². The second-order valence-electron chi connectivity index (χ2n) is 4.11. The van der Waals surface area contributed by atoms with Gasteiger partial charge in [-0.25, -0.2) is 0 Å². The third-order valence-corrected chi connectivity index (χ3v) is 2.90. The maximum absolute atomic E-state index is 11.8. The molecule has 1 fully saturated rings. The molecular weight excluding hydrogens is 182 g/mol. The first kappa shape index (κ1) is 11.2. The van der Waals surface area contributed by atoms with E-state index in [0.29, 0.717) is 13.2 Å². The highest BCUT2D eigenvalue weighted by molar-refractivity contribution is 6.05. The molecule has 1 aliphatic rings. The number of carbonyl (C=O) groups excluding carboxylic acids is 2. The molecule has 0 spiro atoms. The van der Waals surface area contributed by atoms with Crippen LogP contribution in [0.4, 0.5) is 0 Å². The SMILES string of the molecule is CCOC(=O)C1CN(C)C(C)(C)C1=O. The molecule has 0 amide bonds. The first-order chi connectivity index (χ1) is 6.41. The fourth-order valence-electron chi connectivity index (χ4n) is 1.62. The van der Waals surface area contributed by atoms with Gasteiger partial charge < -0.3 is 4.74 Å². The van der Waals surface area contributed by atoms with Crippen LogP contribution in [0.3, 0.4) is 0 Å². The summed E-state index contributed by atoms with van der Waals surface area (Å²) >= 11 is 0. The predicted octanol–water partition coefficient (Wildman–Crippen LogP) is 0.459. The smallest absolute Gasteiger partial charge is 0.317 e. The molecule has 1 unspecified atom stereocenters. The summed E-state index contributed by atoms with van der Waals surface area (Å²) in [4.78, 5) is 25.1. The van der Waals surface area contributed by atoms with Gasteiger partial charge in [-0.1, -0.05) is 0 Å². The molecule has 4 heteroatoms. The van der Waals surface area contributed by atoms with Gasteiger partial charge in [0.2, 0.25) is 0 Å². The molecule has 0 saturated carbocycles. The van der Waals surface area contributed by atoms with Crippen LogP contribution in [0.2, 0.25) is 0 Å². The Hall–Kier alpha value is -0.900. The number of carbonyl (C=O) groups is 2. The van der Waals surface area contributed by atoms with Gasteiger partial charge >= 0.3 is 5.97 Å². The molecule has 0 aliphatic carbocycles. The zero-order chi connectivity index (χ0) is 10.9. The van der Waals surface area contributed by atoms with Crippen molar-refractivity contribution in [1.82, 2.24) is 4.90 Å². The van der Waals surface area contributed by atoms with Crippen molar-refractivity contribution in [2.45, 2.75) is 26.3 Å². The third-order valence-electron chi connectivity index (χ3n) is 2.90. The predicted molar refractivity (Wildman–Crippen MR) is 51.8 cm³/mol. The standard InChI is InChI=1S/C10H17NO3/c1-5-14-9(13)7-6-11(4)10(2,3)8(7)12/h7H,5-6H2,1-4H3. The monoisotopic (exact) mass is 199 g/mol. The molecule has 0 aromatic rings. The number of nitrogens with zero attached hydrogens (tertiary/aromatic N) is 1. The van der Waals surface area contributed by atoms with Crippen LogP contribution in [0.5, 0.6) is 0 Å². The minimum Gasteiger partial charge on any atom is -0.465 e. The van der Waals surface area contributed by atoms with E-state index in [4.69, 9.17) is 4.74 Å². The normalized spacial score (nSPS) is 26.6. The zero-order valence-electron chi connectivity index (χ0n) is 9.16. The van der Waals surface area contributed by atoms with Crippen molar-refractivity contribution in [2.24, 2.45) is 5.92 Å². The summed E-state index contributed by atoms with van der Waals surface area (Å²) < 4.78 is 4.85. The first-order valence-electron chi connectivity index (χ1n) is 4.83. The van der Waals surface area contributed by atoms with Crippen molar-refractivity contribution in [2.75, 3.05) is 20.2 Å². The number of likely N-dealkylation sites (N-methyl/N-ethyl adjacent to an activating group) is 1. The minimum atomic E-state index is -0.602. The van der Waals surface area contributed by atoms with Crippen LogP contribution in [0.15, 0.2) is 0 Å². The molecule has 1 atom stereocenters. The molecule has 14 heavy (non-hydrogen) atoms. The third kappa shape index (κ3) is 1.66. The fraction of sp³-hybridized carbons (Fsp3) is 0.800. The molecule has 1 heterocycles. The number of hydrogen-bond acceptors (Lipinski definition) is 4. The van der Waals surface area contributed by atoms with Gasteiger partial charge in [0, 0.05) is 6.54 Å². The van der Waals surface area contributed by atoms with E-state index in [2.05, 4.69) is 0 Å².